The van der Waals surface area contributed by atoms with Gasteiger partial charge in [0.25, 0.3) is 0 Å². The van der Waals surface area contributed by atoms with Crippen LogP contribution in [0.5, 0.6) is 0 Å². The van der Waals surface area contributed by atoms with Gasteiger partial charge in [-0.2, -0.15) is 8.61 Å². The Labute approximate surface area is 179 Å². The molecular weight excluding hydrogens is 428 g/mol. The van der Waals surface area contributed by atoms with Crippen molar-refractivity contribution in [1.82, 2.24) is 18.4 Å². The van der Waals surface area contributed by atoms with E-state index in [9.17, 15) is 21.6 Å². The van der Waals surface area contributed by atoms with Crippen molar-refractivity contribution < 1.29 is 21.6 Å². The molecule has 2 heterocycles. The van der Waals surface area contributed by atoms with E-state index >= 15 is 0 Å². The lowest BCUT2D eigenvalue weighted by atomic mass is 10.2. The number of sulfonamides is 2. The van der Waals surface area contributed by atoms with Crippen molar-refractivity contribution >= 4 is 26.0 Å². The summed E-state index contributed by atoms with van der Waals surface area (Å²) in [6, 6.07) is 9.08. The van der Waals surface area contributed by atoms with E-state index in [-0.39, 0.29) is 24.0 Å². The fraction of sp³-hybridized carbons (Fsp3) is 0.632. The quantitative estimate of drug-likeness (QED) is 0.553. The molecule has 0 bridgehead atoms. The SMILES string of the molecule is CCS(=O)(=O)N1CCN(CC(=O)N2CCN(S(=O)(=O)Cc3ccccc3)CC2)CC1. The zero-order valence-corrected chi connectivity index (χ0v) is 18.9. The summed E-state index contributed by atoms with van der Waals surface area (Å²) in [7, 11) is -6.60. The zero-order valence-electron chi connectivity index (χ0n) is 17.3. The molecule has 1 amide bonds. The first-order valence-corrected chi connectivity index (χ1v) is 13.4. The maximum Gasteiger partial charge on any atom is 0.236 e. The average molecular weight is 459 g/mol. The van der Waals surface area contributed by atoms with E-state index in [2.05, 4.69) is 0 Å². The number of piperazine rings is 2. The summed E-state index contributed by atoms with van der Waals surface area (Å²) in [5.74, 6) is 0.0118. The predicted octanol–water partition coefficient (Wildman–Crippen LogP) is -0.372. The molecule has 0 aliphatic carbocycles. The summed E-state index contributed by atoms with van der Waals surface area (Å²) in [5.41, 5.74) is 0.750. The third-order valence-electron chi connectivity index (χ3n) is 5.62. The normalized spacial score (nSPS) is 20.4. The molecule has 2 saturated heterocycles. The van der Waals surface area contributed by atoms with Gasteiger partial charge in [0.1, 0.15) is 0 Å². The fourth-order valence-corrected chi connectivity index (χ4v) is 6.33. The number of carbonyl (C=O) groups excluding carboxylic acids is 1. The molecule has 3 rings (SSSR count). The number of hydrogen-bond donors (Lipinski definition) is 0. The summed E-state index contributed by atoms with van der Waals surface area (Å²) in [6.45, 7) is 5.04. The Morgan fingerprint density at radius 3 is 1.90 bits per heavy atom. The standard InChI is InChI=1S/C19H30N4O5S2/c1-2-29(25,26)22-12-8-20(9-13-22)16-19(24)21-10-14-23(15-11-21)30(27,28)17-18-6-4-3-5-7-18/h3-7H,2,8-17H2,1H3. The summed E-state index contributed by atoms with van der Waals surface area (Å²) in [4.78, 5) is 16.3. The van der Waals surface area contributed by atoms with Crippen molar-refractivity contribution in [3.8, 4) is 0 Å². The lowest BCUT2D eigenvalue weighted by molar-refractivity contribution is -0.133. The van der Waals surface area contributed by atoms with Crippen molar-refractivity contribution in [2.75, 3.05) is 64.7 Å². The zero-order chi connectivity index (χ0) is 21.8. The largest absolute Gasteiger partial charge is 0.339 e. The molecular formula is C19H30N4O5S2. The Morgan fingerprint density at radius 1 is 0.800 bits per heavy atom. The molecule has 11 heteroatoms. The number of rotatable bonds is 7. The summed E-state index contributed by atoms with van der Waals surface area (Å²) < 4.78 is 52.1. The van der Waals surface area contributed by atoms with Crippen LogP contribution in [-0.4, -0.2) is 106 Å². The molecule has 0 aromatic heterocycles. The van der Waals surface area contributed by atoms with Crippen LogP contribution in [0.4, 0.5) is 0 Å². The minimum absolute atomic E-state index is 0.0350. The lowest BCUT2D eigenvalue weighted by Crippen LogP contribution is -2.55. The van der Waals surface area contributed by atoms with E-state index < -0.39 is 20.0 Å². The molecule has 168 valence electrons. The molecule has 1 aromatic rings. The number of amides is 1. The molecule has 0 saturated carbocycles. The molecule has 0 unspecified atom stereocenters. The summed E-state index contributed by atoms with van der Waals surface area (Å²) in [5, 5.41) is 0. The highest BCUT2D eigenvalue weighted by Gasteiger charge is 2.31. The van der Waals surface area contributed by atoms with Crippen molar-refractivity contribution in [1.29, 1.82) is 0 Å². The van der Waals surface area contributed by atoms with Crippen molar-refractivity contribution in [2.24, 2.45) is 0 Å². The number of hydrogen-bond acceptors (Lipinski definition) is 6. The third-order valence-corrected chi connectivity index (χ3v) is 9.36. The van der Waals surface area contributed by atoms with Crippen molar-refractivity contribution in [3.63, 3.8) is 0 Å². The van der Waals surface area contributed by atoms with Gasteiger partial charge in [0, 0.05) is 52.4 Å². The Bertz CT molecular complexity index is 921. The van der Waals surface area contributed by atoms with Crippen LogP contribution < -0.4 is 0 Å². The van der Waals surface area contributed by atoms with E-state index in [0.717, 1.165) is 5.56 Å². The van der Waals surface area contributed by atoms with Crippen LogP contribution in [0, 0.1) is 0 Å². The topological polar surface area (TPSA) is 98.3 Å². The Kier molecular flexibility index (Phi) is 7.51. The van der Waals surface area contributed by atoms with E-state index in [1.807, 2.05) is 23.1 Å². The van der Waals surface area contributed by atoms with Gasteiger partial charge in [0.05, 0.1) is 18.1 Å². The monoisotopic (exact) mass is 458 g/mol. The van der Waals surface area contributed by atoms with Gasteiger partial charge in [-0.3, -0.25) is 9.69 Å². The molecule has 0 spiro atoms. The van der Waals surface area contributed by atoms with Gasteiger partial charge >= 0.3 is 0 Å². The van der Waals surface area contributed by atoms with Crippen molar-refractivity contribution in [2.45, 2.75) is 12.7 Å². The maximum atomic E-state index is 12.6. The van der Waals surface area contributed by atoms with Gasteiger partial charge < -0.3 is 4.90 Å². The number of carbonyl (C=O) groups is 1. The Hall–Kier alpha value is -1.53. The molecule has 0 radical (unpaired) electrons. The summed E-state index contributed by atoms with van der Waals surface area (Å²) in [6.07, 6.45) is 0. The highest BCUT2D eigenvalue weighted by atomic mass is 32.2. The molecule has 2 aliphatic rings. The van der Waals surface area contributed by atoms with E-state index in [0.29, 0.717) is 52.4 Å². The van der Waals surface area contributed by atoms with Gasteiger partial charge in [-0.25, -0.2) is 16.8 Å². The first-order valence-electron chi connectivity index (χ1n) is 10.2. The number of nitrogens with zero attached hydrogens (tertiary/aromatic N) is 4. The lowest BCUT2D eigenvalue weighted by Gasteiger charge is -2.37. The highest BCUT2D eigenvalue weighted by molar-refractivity contribution is 7.89. The maximum absolute atomic E-state index is 12.6. The molecule has 30 heavy (non-hydrogen) atoms. The van der Waals surface area contributed by atoms with Crippen LogP contribution >= 0.6 is 0 Å². The van der Waals surface area contributed by atoms with Gasteiger partial charge in [-0.05, 0) is 12.5 Å². The Morgan fingerprint density at radius 2 is 1.33 bits per heavy atom. The van der Waals surface area contributed by atoms with Crippen LogP contribution in [0.1, 0.15) is 12.5 Å². The highest BCUT2D eigenvalue weighted by Crippen LogP contribution is 2.14. The van der Waals surface area contributed by atoms with Crippen LogP contribution in [-0.2, 0) is 30.6 Å². The average Bonchev–Trinajstić information content (AvgIpc) is 2.74. The van der Waals surface area contributed by atoms with Crippen LogP contribution in [0.2, 0.25) is 0 Å². The van der Waals surface area contributed by atoms with Crippen LogP contribution in [0.3, 0.4) is 0 Å². The molecule has 1 aromatic carbocycles. The molecule has 0 N–H and O–H groups in total. The fourth-order valence-electron chi connectivity index (χ4n) is 3.73. The van der Waals surface area contributed by atoms with Gasteiger partial charge in [-0.1, -0.05) is 30.3 Å². The first kappa shape index (κ1) is 23.1. The predicted molar refractivity (Wildman–Crippen MR) is 115 cm³/mol. The van der Waals surface area contributed by atoms with Crippen LogP contribution in [0.15, 0.2) is 30.3 Å². The van der Waals surface area contributed by atoms with Gasteiger partial charge in [-0.15, -0.1) is 0 Å². The smallest absolute Gasteiger partial charge is 0.236 e. The molecule has 9 nitrogen and oxygen atoms in total. The Balaban J connectivity index is 1.45. The minimum Gasteiger partial charge on any atom is -0.339 e. The molecule has 2 fully saturated rings. The second-order valence-corrected chi connectivity index (χ2v) is 11.8. The molecule has 2 aliphatic heterocycles. The number of benzene rings is 1. The van der Waals surface area contributed by atoms with E-state index in [1.165, 1.54) is 8.61 Å². The third kappa shape index (κ3) is 5.79. The van der Waals surface area contributed by atoms with Crippen LogP contribution in [0.25, 0.3) is 0 Å². The second-order valence-electron chi connectivity index (χ2n) is 7.60. The van der Waals surface area contributed by atoms with Gasteiger partial charge in [0.2, 0.25) is 26.0 Å². The van der Waals surface area contributed by atoms with E-state index in [1.54, 1.807) is 24.0 Å². The van der Waals surface area contributed by atoms with Crippen molar-refractivity contribution in [3.05, 3.63) is 35.9 Å². The second kappa shape index (κ2) is 9.73. The minimum atomic E-state index is -3.41. The molecule has 0 atom stereocenters. The van der Waals surface area contributed by atoms with E-state index in [4.69, 9.17) is 0 Å². The first-order chi connectivity index (χ1) is 14.2. The van der Waals surface area contributed by atoms with Gasteiger partial charge in [0.15, 0.2) is 0 Å². The summed E-state index contributed by atoms with van der Waals surface area (Å²) >= 11 is 0.